The van der Waals surface area contributed by atoms with Crippen molar-refractivity contribution < 1.29 is 18.3 Å². The minimum Gasteiger partial charge on any atom is -0.478 e. The first-order chi connectivity index (χ1) is 10.3. The van der Waals surface area contributed by atoms with Gasteiger partial charge in [0.15, 0.2) is 0 Å². The van der Waals surface area contributed by atoms with Crippen LogP contribution in [0.4, 0.5) is 5.69 Å². The molecule has 0 bridgehead atoms. The molecule has 112 valence electrons. The molecule has 7 heteroatoms. The Morgan fingerprint density at radius 3 is 2.36 bits per heavy atom. The number of carboxylic acid groups (broad SMARTS) is 1. The summed E-state index contributed by atoms with van der Waals surface area (Å²) in [6.07, 6.45) is 0. The van der Waals surface area contributed by atoms with Crippen LogP contribution in [0, 0.1) is 18.3 Å². The van der Waals surface area contributed by atoms with Crippen LogP contribution in [0.1, 0.15) is 21.5 Å². The van der Waals surface area contributed by atoms with Crippen molar-refractivity contribution in [2.45, 2.75) is 11.8 Å². The molecule has 0 radical (unpaired) electrons. The van der Waals surface area contributed by atoms with Gasteiger partial charge in [-0.3, -0.25) is 4.72 Å². The molecule has 6 nitrogen and oxygen atoms in total. The van der Waals surface area contributed by atoms with Crippen molar-refractivity contribution in [3.05, 3.63) is 59.2 Å². The van der Waals surface area contributed by atoms with E-state index in [1.807, 2.05) is 6.92 Å². The second-order valence-corrected chi connectivity index (χ2v) is 6.28. The van der Waals surface area contributed by atoms with E-state index in [0.717, 1.165) is 5.56 Å². The zero-order valence-electron chi connectivity index (χ0n) is 11.6. The minimum atomic E-state index is -3.80. The fourth-order valence-electron chi connectivity index (χ4n) is 1.82. The summed E-state index contributed by atoms with van der Waals surface area (Å²) in [6.45, 7) is 1.84. The van der Waals surface area contributed by atoms with E-state index >= 15 is 0 Å². The summed E-state index contributed by atoms with van der Waals surface area (Å²) in [4.78, 5) is 11.0. The van der Waals surface area contributed by atoms with Gasteiger partial charge in [0.2, 0.25) is 0 Å². The van der Waals surface area contributed by atoms with E-state index in [-0.39, 0.29) is 21.7 Å². The van der Waals surface area contributed by atoms with Crippen LogP contribution in [0.5, 0.6) is 0 Å². The molecule has 22 heavy (non-hydrogen) atoms. The topological polar surface area (TPSA) is 107 Å². The van der Waals surface area contributed by atoms with Crippen molar-refractivity contribution in [3.8, 4) is 6.07 Å². The van der Waals surface area contributed by atoms with Crippen molar-refractivity contribution in [2.75, 3.05) is 4.72 Å². The number of carbonyl (C=O) groups is 1. The zero-order valence-corrected chi connectivity index (χ0v) is 12.4. The number of nitrogens with one attached hydrogen (secondary N) is 1. The molecule has 2 aromatic carbocycles. The van der Waals surface area contributed by atoms with Crippen molar-refractivity contribution in [1.29, 1.82) is 5.26 Å². The van der Waals surface area contributed by atoms with Gasteiger partial charge in [-0.25, -0.2) is 13.2 Å². The fraction of sp³-hybridized carbons (Fsp3) is 0.0667. The van der Waals surface area contributed by atoms with Gasteiger partial charge in [-0.15, -0.1) is 0 Å². The number of nitrogens with zero attached hydrogens (tertiary/aromatic N) is 1. The number of hydrogen-bond donors (Lipinski definition) is 2. The van der Waals surface area contributed by atoms with Gasteiger partial charge >= 0.3 is 5.97 Å². The highest BCUT2D eigenvalue weighted by molar-refractivity contribution is 7.92. The second-order valence-electron chi connectivity index (χ2n) is 4.60. The predicted octanol–water partition coefficient (Wildman–Crippen LogP) is 2.37. The van der Waals surface area contributed by atoms with Crippen molar-refractivity contribution in [1.82, 2.24) is 0 Å². The normalized spacial score (nSPS) is 10.7. The molecule has 0 atom stereocenters. The summed E-state index contributed by atoms with van der Waals surface area (Å²) in [7, 11) is -3.80. The second kappa shape index (κ2) is 5.87. The highest BCUT2D eigenvalue weighted by Crippen LogP contribution is 2.20. The number of sulfonamides is 1. The smallest absolute Gasteiger partial charge is 0.337 e. The number of carboxylic acids is 1. The average molecular weight is 316 g/mol. The monoisotopic (exact) mass is 316 g/mol. The molecule has 2 N–H and O–H groups in total. The maximum atomic E-state index is 12.2. The lowest BCUT2D eigenvalue weighted by atomic mass is 10.1. The number of nitriles is 1. The van der Waals surface area contributed by atoms with Crippen molar-refractivity contribution >= 4 is 21.7 Å². The zero-order chi connectivity index (χ0) is 16.3. The van der Waals surface area contributed by atoms with E-state index in [2.05, 4.69) is 4.72 Å². The van der Waals surface area contributed by atoms with Crippen LogP contribution in [-0.4, -0.2) is 19.5 Å². The van der Waals surface area contributed by atoms with Gasteiger partial charge in [0, 0.05) is 0 Å². The van der Waals surface area contributed by atoms with Crippen LogP contribution in [0.15, 0.2) is 47.4 Å². The van der Waals surface area contributed by atoms with Gasteiger partial charge in [-0.2, -0.15) is 5.26 Å². The van der Waals surface area contributed by atoms with Crippen LogP contribution in [0.25, 0.3) is 0 Å². The minimum absolute atomic E-state index is 0.0823. The van der Waals surface area contributed by atoms with E-state index in [1.165, 1.54) is 30.3 Å². The third-order valence-electron chi connectivity index (χ3n) is 2.95. The summed E-state index contributed by atoms with van der Waals surface area (Å²) in [5.41, 5.74) is 0.760. The third-order valence-corrected chi connectivity index (χ3v) is 4.35. The Hall–Kier alpha value is -2.85. The molecule has 0 aliphatic carbocycles. The number of hydrogen-bond acceptors (Lipinski definition) is 4. The average Bonchev–Trinajstić information content (AvgIpc) is 2.46. The molecule has 0 spiro atoms. The molecule has 0 heterocycles. The van der Waals surface area contributed by atoms with Crippen LogP contribution >= 0.6 is 0 Å². The first kappa shape index (κ1) is 15.5. The van der Waals surface area contributed by atoms with E-state index in [9.17, 15) is 13.2 Å². The van der Waals surface area contributed by atoms with Gasteiger partial charge in [0.05, 0.1) is 21.7 Å². The van der Waals surface area contributed by atoms with Gasteiger partial charge in [-0.1, -0.05) is 17.7 Å². The number of benzene rings is 2. The van der Waals surface area contributed by atoms with E-state index in [0.29, 0.717) is 0 Å². The summed E-state index contributed by atoms with van der Waals surface area (Å²) in [5.74, 6) is -1.25. The molecule has 0 saturated heterocycles. The molecule has 0 amide bonds. The van der Waals surface area contributed by atoms with E-state index < -0.39 is 16.0 Å². The summed E-state index contributed by atoms with van der Waals surface area (Å²) < 4.78 is 26.8. The lowest BCUT2D eigenvalue weighted by Crippen LogP contribution is -2.13. The Kier molecular flexibility index (Phi) is 4.15. The molecular formula is C15H12N2O4S. The lowest BCUT2D eigenvalue weighted by Gasteiger charge is -2.09. The fourth-order valence-corrected chi connectivity index (χ4v) is 2.87. The molecular weight excluding hydrogens is 304 g/mol. The Bertz CT molecular complexity index is 865. The molecule has 0 unspecified atom stereocenters. The van der Waals surface area contributed by atoms with Crippen LogP contribution < -0.4 is 4.72 Å². The lowest BCUT2D eigenvalue weighted by molar-refractivity contribution is 0.0696. The Labute approximate surface area is 127 Å². The Morgan fingerprint density at radius 1 is 1.18 bits per heavy atom. The van der Waals surface area contributed by atoms with Crippen molar-refractivity contribution in [2.24, 2.45) is 0 Å². The number of aromatic carboxylic acids is 1. The van der Waals surface area contributed by atoms with Gasteiger partial charge in [-0.05, 0) is 37.3 Å². The molecule has 0 aromatic heterocycles. The first-order valence-corrected chi connectivity index (χ1v) is 7.69. The van der Waals surface area contributed by atoms with Gasteiger partial charge in [0.25, 0.3) is 10.0 Å². The summed E-state index contributed by atoms with van der Waals surface area (Å²) >= 11 is 0. The van der Waals surface area contributed by atoms with E-state index in [1.54, 1.807) is 18.2 Å². The van der Waals surface area contributed by atoms with Gasteiger partial charge < -0.3 is 5.11 Å². The van der Waals surface area contributed by atoms with Crippen LogP contribution in [0.3, 0.4) is 0 Å². The molecule has 0 aliphatic rings. The Balaban J connectivity index is 2.36. The SMILES string of the molecule is Cc1ccc(S(=O)(=O)Nc2ccc(C(=O)O)c(C#N)c2)cc1. The highest BCUT2D eigenvalue weighted by atomic mass is 32.2. The predicted molar refractivity (Wildman–Crippen MR) is 80.1 cm³/mol. The number of rotatable bonds is 4. The molecule has 0 aliphatic heterocycles. The van der Waals surface area contributed by atoms with Crippen LogP contribution in [0.2, 0.25) is 0 Å². The first-order valence-electron chi connectivity index (χ1n) is 6.20. The largest absolute Gasteiger partial charge is 0.478 e. The molecule has 2 aromatic rings. The number of anilines is 1. The number of aryl methyl sites for hydroxylation is 1. The summed E-state index contributed by atoms with van der Waals surface area (Å²) in [6, 6.07) is 11.7. The molecule has 0 saturated carbocycles. The maximum absolute atomic E-state index is 12.2. The summed E-state index contributed by atoms with van der Waals surface area (Å²) in [5, 5.41) is 17.9. The quantitative estimate of drug-likeness (QED) is 0.900. The van der Waals surface area contributed by atoms with Crippen molar-refractivity contribution in [3.63, 3.8) is 0 Å². The van der Waals surface area contributed by atoms with E-state index in [4.69, 9.17) is 10.4 Å². The highest BCUT2D eigenvalue weighted by Gasteiger charge is 2.16. The molecule has 2 rings (SSSR count). The van der Waals surface area contributed by atoms with Gasteiger partial charge in [0.1, 0.15) is 6.07 Å². The maximum Gasteiger partial charge on any atom is 0.337 e. The standard InChI is InChI=1S/C15H12N2O4S/c1-10-2-5-13(6-3-10)22(20,21)17-12-4-7-14(15(18)19)11(8-12)9-16/h2-8,17H,1H3,(H,18,19). The third kappa shape index (κ3) is 3.24. The Morgan fingerprint density at radius 2 is 1.82 bits per heavy atom. The molecule has 0 fully saturated rings. The van der Waals surface area contributed by atoms with Crippen LogP contribution in [-0.2, 0) is 10.0 Å².